The molecule has 1 heterocycles. The van der Waals surface area contributed by atoms with E-state index in [0.29, 0.717) is 10.7 Å². The first-order valence-corrected chi connectivity index (χ1v) is 10.2. The van der Waals surface area contributed by atoms with Gasteiger partial charge in [0.1, 0.15) is 0 Å². The fourth-order valence-electron chi connectivity index (χ4n) is 2.46. The van der Waals surface area contributed by atoms with Gasteiger partial charge >= 0.3 is 0 Å². The van der Waals surface area contributed by atoms with Crippen molar-refractivity contribution in [3.05, 3.63) is 53.1 Å². The zero-order valence-corrected chi connectivity index (χ0v) is 15.6. The number of fused-ring (bicyclic) bond motifs is 1. The van der Waals surface area contributed by atoms with Crippen molar-refractivity contribution in [2.75, 3.05) is 11.7 Å². The van der Waals surface area contributed by atoms with E-state index < -0.39 is 9.84 Å². The maximum Gasteiger partial charge on any atom is 0.269 e. The predicted octanol–water partition coefficient (Wildman–Crippen LogP) is 3.07. The van der Waals surface area contributed by atoms with Gasteiger partial charge < -0.3 is 0 Å². The van der Waals surface area contributed by atoms with Gasteiger partial charge in [-0.1, -0.05) is 17.4 Å². The van der Waals surface area contributed by atoms with Crippen molar-refractivity contribution in [2.24, 2.45) is 0 Å². The standard InChI is InChI=1S/C17H17N3O3S2/c1-10-8-11(2)15-14(9-10)24-17(18-15)20-19-16(21)12-4-6-13(7-5-12)25(3,22)23/h4-9H,1-3H3,(H,18,20)(H,19,21). The number of sulfone groups is 1. The van der Waals surface area contributed by atoms with Gasteiger partial charge in [-0.25, -0.2) is 13.4 Å². The molecule has 0 unspecified atom stereocenters. The number of amides is 1. The number of nitrogens with one attached hydrogen (secondary N) is 2. The molecule has 1 aromatic heterocycles. The maximum absolute atomic E-state index is 12.2. The van der Waals surface area contributed by atoms with Gasteiger partial charge in [-0.3, -0.25) is 15.6 Å². The molecule has 0 radical (unpaired) electrons. The number of anilines is 1. The Morgan fingerprint density at radius 1 is 1.12 bits per heavy atom. The molecule has 2 N–H and O–H groups in total. The topological polar surface area (TPSA) is 88.2 Å². The summed E-state index contributed by atoms with van der Waals surface area (Å²) in [7, 11) is -3.28. The van der Waals surface area contributed by atoms with Gasteiger partial charge in [0.15, 0.2) is 9.84 Å². The molecule has 0 fully saturated rings. The molecule has 6 nitrogen and oxygen atoms in total. The highest BCUT2D eigenvalue weighted by molar-refractivity contribution is 7.90. The number of carbonyl (C=O) groups excluding carboxylic acids is 1. The quantitative estimate of drug-likeness (QED) is 0.684. The van der Waals surface area contributed by atoms with E-state index in [-0.39, 0.29) is 10.8 Å². The van der Waals surface area contributed by atoms with Crippen molar-refractivity contribution in [1.29, 1.82) is 0 Å². The molecule has 0 bridgehead atoms. The Morgan fingerprint density at radius 2 is 1.80 bits per heavy atom. The molecule has 8 heteroatoms. The number of thiazole rings is 1. The van der Waals surface area contributed by atoms with Gasteiger partial charge in [-0.15, -0.1) is 0 Å². The number of hydrogen-bond donors (Lipinski definition) is 2. The number of benzene rings is 2. The zero-order valence-electron chi connectivity index (χ0n) is 14.0. The Bertz CT molecular complexity index is 1050. The molecule has 0 aliphatic carbocycles. The number of hydrogen-bond acceptors (Lipinski definition) is 6. The lowest BCUT2D eigenvalue weighted by atomic mass is 10.1. The Morgan fingerprint density at radius 3 is 2.44 bits per heavy atom. The van der Waals surface area contributed by atoms with E-state index in [1.165, 1.54) is 35.6 Å². The van der Waals surface area contributed by atoms with Gasteiger partial charge in [0.25, 0.3) is 5.91 Å². The maximum atomic E-state index is 12.2. The summed E-state index contributed by atoms with van der Waals surface area (Å²) in [6, 6.07) is 9.88. The minimum Gasteiger partial charge on any atom is -0.273 e. The second-order valence-corrected chi connectivity index (χ2v) is 8.87. The van der Waals surface area contributed by atoms with Crippen molar-refractivity contribution in [2.45, 2.75) is 18.7 Å². The lowest BCUT2D eigenvalue weighted by molar-refractivity contribution is 0.0962. The van der Waals surface area contributed by atoms with Crippen LogP contribution in [-0.2, 0) is 9.84 Å². The van der Waals surface area contributed by atoms with Crippen molar-refractivity contribution in [3.8, 4) is 0 Å². The normalized spacial score (nSPS) is 11.5. The Hall–Kier alpha value is -2.45. The molecule has 3 rings (SSSR count). The Balaban J connectivity index is 1.73. The van der Waals surface area contributed by atoms with Crippen LogP contribution in [0.5, 0.6) is 0 Å². The van der Waals surface area contributed by atoms with E-state index in [1.54, 1.807) is 0 Å². The molecule has 1 amide bonds. The van der Waals surface area contributed by atoms with Gasteiger partial charge in [0.05, 0.1) is 15.1 Å². The summed E-state index contributed by atoms with van der Waals surface area (Å²) in [5.41, 5.74) is 8.90. The van der Waals surface area contributed by atoms with E-state index in [1.807, 2.05) is 13.8 Å². The molecular formula is C17H17N3O3S2. The molecule has 0 spiro atoms. The SMILES string of the molecule is Cc1cc(C)c2nc(NNC(=O)c3ccc(S(C)(=O)=O)cc3)sc2c1. The summed E-state index contributed by atoms with van der Waals surface area (Å²) in [6.07, 6.45) is 1.13. The summed E-state index contributed by atoms with van der Waals surface area (Å²) in [5, 5.41) is 0.588. The molecular weight excluding hydrogens is 358 g/mol. The third kappa shape index (κ3) is 3.80. The van der Waals surface area contributed by atoms with Crippen LogP contribution in [0.2, 0.25) is 0 Å². The van der Waals surface area contributed by atoms with E-state index in [4.69, 9.17) is 0 Å². The van der Waals surface area contributed by atoms with Gasteiger partial charge in [0.2, 0.25) is 5.13 Å². The van der Waals surface area contributed by atoms with Crippen molar-refractivity contribution >= 4 is 42.4 Å². The second-order valence-electron chi connectivity index (χ2n) is 5.82. The minimum absolute atomic E-state index is 0.175. The molecule has 0 aliphatic rings. The van der Waals surface area contributed by atoms with E-state index in [9.17, 15) is 13.2 Å². The average molecular weight is 375 g/mol. The van der Waals surface area contributed by atoms with Crippen LogP contribution in [0.4, 0.5) is 5.13 Å². The van der Waals surface area contributed by atoms with Crippen LogP contribution in [0.3, 0.4) is 0 Å². The number of aromatic nitrogens is 1. The fourth-order valence-corrected chi connectivity index (χ4v) is 4.09. The number of hydrazine groups is 1. The molecule has 130 valence electrons. The van der Waals surface area contributed by atoms with Gasteiger partial charge in [0, 0.05) is 11.8 Å². The van der Waals surface area contributed by atoms with Crippen LogP contribution in [0.15, 0.2) is 41.3 Å². The van der Waals surface area contributed by atoms with E-state index >= 15 is 0 Å². The number of rotatable bonds is 4. The highest BCUT2D eigenvalue weighted by Crippen LogP contribution is 2.28. The molecule has 0 saturated heterocycles. The Kier molecular flexibility index (Phi) is 4.49. The monoisotopic (exact) mass is 375 g/mol. The summed E-state index contributed by atoms with van der Waals surface area (Å²) < 4.78 is 23.9. The van der Waals surface area contributed by atoms with Gasteiger partial charge in [-0.2, -0.15) is 0 Å². The Labute approximate surface area is 149 Å². The van der Waals surface area contributed by atoms with Crippen molar-refractivity contribution < 1.29 is 13.2 Å². The highest BCUT2D eigenvalue weighted by atomic mass is 32.2. The summed E-state index contributed by atoms with van der Waals surface area (Å²) in [5.74, 6) is -0.368. The zero-order chi connectivity index (χ0) is 18.2. The molecule has 0 aliphatic heterocycles. The average Bonchev–Trinajstić information content (AvgIpc) is 2.95. The lowest BCUT2D eigenvalue weighted by Gasteiger charge is -2.06. The van der Waals surface area contributed by atoms with Crippen molar-refractivity contribution in [1.82, 2.24) is 10.4 Å². The van der Waals surface area contributed by atoms with E-state index in [2.05, 4.69) is 28.0 Å². The first-order chi connectivity index (χ1) is 11.7. The number of nitrogens with zero attached hydrogens (tertiary/aromatic N) is 1. The van der Waals surface area contributed by atoms with Gasteiger partial charge in [-0.05, 0) is 55.3 Å². The lowest BCUT2D eigenvalue weighted by Crippen LogP contribution is -2.29. The fraction of sp³-hybridized carbons (Fsp3) is 0.176. The van der Waals surface area contributed by atoms with Crippen LogP contribution < -0.4 is 10.9 Å². The van der Waals surface area contributed by atoms with Crippen LogP contribution in [0.1, 0.15) is 21.5 Å². The third-order valence-electron chi connectivity index (χ3n) is 3.66. The largest absolute Gasteiger partial charge is 0.273 e. The number of aryl methyl sites for hydroxylation is 2. The molecule has 0 saturated carbocycles. The highest BCUT2D eigenvalue weighted by Gasteiger charge is 2.11. The first-order valence-electron chi connectivity index (χ1n) is 7.48. The smallest absolute Gasteiger partial charge is 0.269 e. The first kappa shape index (κ1) is 17.4. The summed E-state index contributed by atoms with van der Waals surface area (Å²) in [6.45, 7) is 4.03. The van der Waals surface area contributed by atoms with Crippen LogP contribution in [0, 0.1) is 13.8 Å². The molecule has 25 heavy (non-hydrogen) atoms. The molecule has 3 aromatic rings. The van der Waals surface area contributed by atoms with Crippen LogP contribution in [-0.4, -0.2) is 25.6 Å². The van der Waals surface area contributed by atoms with Crippen molar-refractivity contribution in [3.63, 3.8) is 0 Å². The second kappa shape index (κ2) is 6.45. The molecule has 0 atom stereocenters. The summed E-state index contributed by atoms with van der Waals surface area (Å²) in [4.78, 5) is 16.8. The van der Waals surface area contributed by atoms with Crippen LogP contribution in [0.25, 0.3) is 10.2 Å². The van der Waals surface area contributed by atoms with E-state index in [0.717, 1.165) is 27.6 Å². The minimum atomic E-state index is -3.28. The molecule has 2 aromatic carbocycles. The van der Waals surface area contributed by atoms with Crippen LogP contribution >= 0.6 is 11.3 Å². The third-order valence-corrected chi connectivity index (χ3v) is 5.70. The number of carbonyl (C=O) groups is 1. The summed E-state index contributed by atoms with van der Waals surface area (Å²) >= 11 is 1.45. The predicted molar refractivity (Wildman–Crippen MR) is 99.7 cm³/mol.